The highest BCUT2D eigenvalue weighted by atomic mass is 16.3. The van der Waals surface area contributed by atoms with Crippen LogP contribution in [0, 0.1) is 13.8 Å². The van der Waals surface area contributed by atoms with Crippen LogP contribution in [0.3, 0.4) is 0 Å². The first-order valence-corrected chi connectivity index (χ1v) is 6.38. The van der Waals surface area contributed by atoms with Crippen molar-refractivity contribution in [2.75, 3.05) is 6.61 Å². The number of nitrogens with two attached hydrogens (primary N) is 1. The summed E-state index contributed by atoms with van der Waals surface area (Å²) < 4.78 is 2.13. The van der Waals surface area contributed by atoms with Crippen molar-refractivity contribution < 1.29 is 5.11 Å². The summed E-state index contributed by atoms with van der Waals surface area (Å²) in [6.45, 7) is 7.07. The van der Waals surface area contributed by atoms with Crippen LogP contribution in [0.1, 0.15) is 36.3 Å². The van der Waals surface area contributed by atoms with Crippen LogP contribution in [-0.2, 0) is 6.54 Å². The number of nitrogens with zero attached hydrogens (tertiary/aromatic N) is 2. The van der Waals surface area contributed by atoms with E-state index in [1.165, 1.54) is 11.1 Å². The van der Waals surface area contributed by atoms with E-state index in [-0.39, 0.29) is 12.6 Å². The minimum absolute atomic E-state index is 0.100. The fraction of sp³-hybridized carbons (Fsp3) is 0.500. The molecular weight excluding hydrogens is 226 g/mol. The molecule has 1 atom stereocenters. The zero-order chi connectivity index (χ0) is 13.3. The number of hydrogen-bond donors (Lipinski definition) is 2. The molecule has 3 N–H and O–H groups in total. The Bertz CT molecular complexity index is 558. The van der Waals surface area contributed by atoms with E-state index in [1.54, 1.807) is 0 Å². The lowest BCUT2D eigenvalue weighted by atomic mass is 10.1. The number of benzene rings is 1. The Labute approximate surface area is 107 Å². The second-order valence-electron chi connectivity index (χ2n) is 4.91. The molecule has 0 fully saturated rings. The Hall–Kier alpha value is -1.39. The van der Waals surface area contributed by atoms with E-state index in [1.807, 2.05) is 6.92 Å². The summed E-state index contributed by atoms with van der Waals surface area (Å²) in [7, 11) is 0. The molecule has 0 saturated carbocycles. The highest BCUT2D eigenvalue weighted by molar-refractivity contribution is 5.78. The van der Waals surface area contributed by atoms with Gasteiger partial charge in [0.25, 0.3) is 0 Å². The van der Waals surface area contributed by atoms with Crippen molar-refractivity contribution in [3.05, 3.63) is 29.1 Å². The number of aliphatic hydroxyl groups excluding tert-OH is 1. The van der Waals surface area contributed by atoms with E-state index in [2.05, 4.69) is 35.5 Å². The summed E-state index contributed by atoms with van der Waals surface area (Å²) in [6.07, 6.45) is 0.720. The van der Waals surface area contributed by atoms with Gasteiger partial charge in [-0.15, -0.1) is 0 Å². The van der Waals surface area contributed by atoms with Crippen LogP contribution >= 0.6 is 0 Å². The number of aryl methyl sites for hydroxylation is 3. The van der Waals surface area contributed by atoms with Crippen LogP contribution in [0.4, 0.5) is 0 Å². The Morgan fingerprint density at radius 1 is 1.33 bits per heavy atom. The normalized spacial score (nSPS) is 13.2. The van der Waals surface area contributed by atoms with Crippen molar-refractivity contribution in [2.24, 2.45) is 5.73 Å². The van der Waals surface area contributed by atoms with Gasteiger partial charge < -0.3 is 15.4 Å². The van der Waals surface area contributed by atoms with Crippen molar-refractivity contribution in [1.82, 2.24) is 9.55 Å². The van der Waals surface area contributed by atoms with Crippen LogP contribution in [0.25, 0.3) is 11.0 Å². The summed E-state index contributed by atoms with van der Waals surface area (Å²) in [5.74, 6) is 0.892. The lowest BCUT2D eigenvalue weighted by Crippen LogP contribution is -2.14. The van der Waals surface area contributed by atoms with Crippen molar-refractivity contribution >= 4 is 11.0 Å². The fourth-order valence-corrected chi connectivity index (χ4v) is 2.21. The van der Waals surface area contributed by atoms with E-state index in [4.69, 9.17) is 10.8 Å². The lowest BCUT2D eigenvalue weighted by Gasteiger charge is -2.11. The highest BCUT2D eigenvalue weighted by Crippen LogP contribution is 2.23. The van der Waals surface area contributed by atoms with Crippen molar-refractivity contribution in [3.8, 4) is 0 Å². The van der Waals surface area contributed by atoms with Crippen LogP contribution in [0.15, 0.2) is 12.1 Å². The lowest BCUT2D eigenvalue weighted by molar-refractivity contribution is 0.279. The quantitative estimate of drug-likeness (QED) is 0.869. The molecule has 4 nitrogen and oxygen atoms in total. The van der Waals surface area contributed by atoms with E-state index in [0.29, 0.717) is 0 Å². The molecule has 0 amide bonds. The van der Waals surface area contributed by atoms with Gasteiger partial charge in [0.15, 0.2) is 0 Å². The summed E-state index contributed by atoms with van der Waals surface area (Å²) in [5, 5.41) is 9.00. The molecule has 0 bridgehead atoms. The number of fused-ring (bicyclic) bond motifs is 1. The zero-order valence-electron chi connectivity index (χ0n) is 11.3. The molecule has 0 spiro atoms. The van der Waals surface area contributed by atoms with Gasteiger partial charge in [0.05, 0.1) is 17.1 Å². The second kappa shape index (κ2) is 5.08. The van der Waals surface area contributed by atoms with Crippen LogP contribution in [-0.4, -0.2) is 21.3 Å². The highest BCUT2D eigenvalue weighted by Gasteiger charge is 2.14. The van der Waals surface area contributed by atoms with Gasteiger partial charge in [0, 0.05) is 13.2 Å². The third-order valence-corrected chi connectivity index (χ3v) is 3.34. The zero-order valence-corrected chi connectivity index (χ0v) is 11.3. The predicted octanol–water partition coefficient (Wildman–Crippen LogP) is 2.06. The summed E-state index contributed by atoms with van der Waals surface area (Å²) in [5.41, 5.74) is 10.6. The molecule has 1 aromatic carbocycles. The molecule has 2 rings (SSSR count). The van der Waals surface area contributed by atoms with Crippen LogP contribution in [0.2, 0.25) is 0 Å². The first kappa shape index (κ1) is 13.1. The molecule has 0 radical (unpaired) electrons. The van der Waals surface area contributed by atoms with Gasteiger partial charge in [-0.05, 0) is 50.5 Å². The van der Waals surface area contributed by atoms with Crippen molar-refractivity contribution in [1.29, 1.82) is 0 Å². The van der Waals surface area contributed by atoms with Gasteiger partial charge >= 0.3 is 0 Å². The van der Waals surface area contributed by atoms with Gasteiger partial charge in [0.1, 0.15) is 5.82 Å². The maximum absolute atomic E-state index is 9.00. The Morgan fingerprint density at radius 2 is 2.00 bits per heavy atom. The number of imidazole rings is 1. The monoisotopic (exact) mass is 247 g/mol. The molecule has 18 heavy (non-hydrogen) atoms. The number of aliphatic hydroxyl groups is 1. The largest absolute Gasteiger partial charge is 0.396 e. The molecular formula is C14H21N3O. The minimum atomic E-state index is -0.100. The standard InChI is InChI=1S/C14H21N3O/c1-9-7-12-13(8-10(9)2)17(5-4-6-18)14(16-12)11(3)15/h7-8,11,18H,4-6,15H2,1-3H3. The third kappa shape index (κ3) is 2.26. The average Bonchev–Trinajstić information content (AvgIpc) is 2.65. The molecule has 0 aliphatic rings. The fourth-order valence-electron chi connectivity index (χ4n) is 2.21. The molecule has 0 aliphatic heterocycles. The smallest absolute Gasteiger partial charge is 0.126 e. The van der Waals surface area contributed by atoms with E-state index in [0.717, 1.165) is 29.8 Å². The first-order chi connectivity index (χ1) is 8.54. The SMILES string of the molecule is Cc1cc2nc(C(C)N)n(CCCO)c2cc1C. The number of aromatic nitrogens is 2. The molecule has 2 aromatic rings. The maximum atomic E-state index is 9.00. The topological polar surface area (TPSA) is 64.1 Å². The maximum Gasteiger partial charge on any atom is 0.126 e. The molecule has 0 saturated heterocycles. The number of rotatable bonds is 4. The first-order valence-electron chi connectivity index (χ1n) is 6.38. The molecule has 98 valence electrons. The van der Waals surface area contributed by atoms with E-state index < -0.39 is 0 Å². The Kier molecular flexibility index (Phi) is 3.68. The average molecular weight is 247 g/mol. The Morgan fingerprint density at radius 3 is 2.61 bits per heavy atom. The van der Waals surface area contributed by atoms with Crippen molar-refractivity contribution in [2.45, 2.75) is 39.8 Å². The second-order valence-corrected chi connectivity index (χ2v) is 4.91. The molecule has 1 unspecified atom stereocenters. The van der Waals surface area contributed by atoms with Gasteiger partial charge in [-0.25, -0.2) is 4.98 Å². The van der Waals surface area contributed by atoms with E-state index >= 15 is 0 Å². The summed E-state index contributed by atoms with van der Waals surface area (Å²) in [6, 6.07) is 4.16. The minimum Gasteiger partial charge on any atom is -0.396 e. The molecule has 0 aliphatic carbocycles. The molecule has 1 aromatic heterocycles. The van der Waals surface area contributed by atoms with Gasteiger partial charge in [-0.1, -0.05) is 0 Å². The predicted molar refractivity (Wildman–Crippen MR) is 73.5 cm³/mol. The van der Waals surface area contributed by atoms with Crippen LogP contribution in [0.5, 0.6) is 0 Å². The number of hydrogen-bond acceptors (Lipinski definition) is 3. The van der Waals surface area contributed by atoms with E-state index in [9.17, 15) is 0 Å². The van der Waals surface area contributed by atoms with Gasteiger partial charge in [-0.3, -0.25) is 0 Å². The van der Waals surface area contributed by atoms with Gasteiger partial charge in [-0.2, -0.15) is 0 Å². The summed E-state index contributed by atoms with van der Waals surface area (Å²) >= 11 is 0. The Balaban J connectivity index is 2.61. The van der Waals surface area contributed by atoms with Gasteiger partial charge in [0.2, 0.25) is 0 Å². The summed E-state index contributed by atoms with van der Waals surface area (Å²) in [4.78, 5) is 4.62. The molecule has 4 heteroatoms. The van der Waals surface area contributed by atoms with Crippen molar-refractivity contribution in [3.63, 3.8) is 0 Å². The molecule has 1 heterocycles. The van der Waals surface area contributed by atoms with Crippen LogP contribution < -0.4 is 5.73 Å². The third-order valence-electron chi connectivity index (χ3n) is 3.34.